The van der Waals surface area contributed by atoms with Gasteiger partial charge >= 0.3 is 0 Å². The van der Waals surface area contributed by atoms with Crippen LogP contribution in [0, 0.1) is 0 Å². The molecule has 1 N–H and O–H groups in total. The average Bonchev–Trinajstić information content (AvgIpc) is 2.21. The number of piperidine rings is 1. The quantitative estimate of drug-likeness (QED) is 0.741. The van der Waals surface area contributed by atoms with E-state index < -0.39 is 0 Å². The standard InChI is InChI=1S/C9H14N4/c1-2-6-13(7-3-1)12-9-8-10-4-5-11-9/h4-5,8H,1-3,6-7H2,(H,11,12). The van der Waals surface area contributed by atoms with Gasteiger partial charge in [-0.15, -0.1) is 0 Å². The molecule has 0 amide bonds. The molecule has 1 aliphatic rings. The van der Waals surface area contributed by atoms with Crippen molar-refractivity contribution < 1.29 is 0 Å². The van der Waals surface area contributed by atoms with Crippen molar-refractivity contribution in [3.05, 3.63) is 18.6 Å². The summed E-state index contributed by atoms with van der Waals surface area (Å²) in [6.07, 6.45) is 9.02. The van der Waals surface area contributed by atoms with E-state index >= 15 is 0 Å². The summed E-state index contributed by atoms with van der Waals surface area (Å²) in [7, 11) is 0. The van der Waals surface area contributed by atoms with Gasteiger partial charge in [-0.3, -0.25) is 4.98 Å². The van der Waals surface area contributed by atoms with Gasteiger partial charge in [0.15, 0.2) is 5.82 Å². The lowest BCUT2D eigenvalue weighted by molar-refractivity contribution is 0.272. The number of anilines is 1. The Kier molecular flexibility index (Phi) is 2.72. The number of aromatic nitrogens is 2. The van der Waals surface area contributed by atoms with Crippen LogP contribution in [0.25, 0.3) is 0 Å². The summed E-state index contributed by atoms with van der Waals surface area (Å²) in [4.78, 5) is 8.16. The van der Waals surface area contributed by atoms with E-state index in [1.807, 2.05) is 0 Å². The molecule has 4 heteroatoms. The predicted molar refractivity (Wildman–Crippen MR) is 51.1 cm³/mol. The maximum Gasteiger partial charge on any atom is 0.158 e. The third kappa shape index (κ3) is 2.39. The monoisotopic (exact) mass is 178 g/mol. The van der Waals surface area contributed by atoms with E-state index in [9.17, 15) is 0 Å². The van der Waals surface area contributed by atoms with Crippen molar-refractivity contribution in [3.63, 3.8) is 0 Å². The topological polar surface area (TPSA) is 41.1 Å². The Balaban J connectivity index is 1.90. The Hall–Kier alpha value is -1.16. The minimum Gasteiger partial charge on any atom is -0.302 e. The Bertz CT molecular complexity index is 243. The lowest BCUT2D eigenvalue weighted by Gasteiger charge is -2.26. The van der Waals surface area contributed by atoms with Crippen LogP contribution in [0.3, 0.4) is 0 Å². The molecule has 13 heavy (non-hydrogen) atoms. The Labute approximate surface area is 78.0 Å². The molecule has 0 aliphatic carbocycles. The van der Waals surface area contributed by atoms with E-state index in [0.29, 0.717) is 0 Å². The van der Waals surface area contributed by atoms with Gasteiger partial charge in [-0.2, -0.15) is 0 Å². The normalized spacial score (nSPS) is 18.5. The highest BCUT2D eigenvalue weighted by Crippen LogP contribution is 2.09. The van der Waals surface area contributed by atoms with Gasteiger partial charge in [0.25, 0.3) is 0 Å². The Morgan fingerprint density at radius 3 is 2.69 bits per heavy atom. The molecule has 1 saturated heterocycles. The summed E-state index contributed by atoms with van der Waals surface area (Å²) >= 11 is 0. The van der Waals surface area contributed by atoms with Crippen molar-refractivity contribution in [2.24, 2.45) is 0 Å². The van der Waals surface area contributed by atoms with E-state index in [1.54, 1.807) is 18.6 Å². The van der Waals surface area contributed by atoms with E-state index in [1.165, 1.54) is 19.3 Å². The highest BCUT2D eigenvalue weighted by molar-refractivity contribution is 5.28. The average molecular weight is 178 g/mol. The fourth-order valence-corrected chi connectivity index (χ4v) is 1.52. The van der Waals surface area contributed by atoms with Gasteiger partial charge in [0.1, 0.15) is 0 Å². The van der Waals surface area contributed by atoms with Crippen molar-refractivity contribution >= 4 is 5.82 Å². The second-order valence-electron chi connectivity index (χ2n) is 3.25. The van der Waals surface area contributed by atoms with Gasteiger partial charge < -0.3 is 5.43 Å². The molecule has 2 rings (SSSR count). The third-order valence-corrected chi connectivity index (χ3v) is 2.19. The number of hydrogen-bond acceptors (Lipinski definition) is 4. The fraction of sp³-hybridized carbons (Fsp3) is 0.556. The van der Waals surface area contributed by atoms with E-state index in [4.69, 9.17) is 0 Å². The molecule has 0 saturated carbocycles. The summed E-state index contributed by atoms with van der Waals surface area (Å²) in [5.74, 6) is 0.837. The zero-order chi connectivity index (χ0) is 8.93. The van der Waals surface area contributed by atoms with E-state index in [0.717, 1.165) is 18.9 Å². The molecule has 1 fully saturated rings. The Morgan fingerprint density at radius 2 is 2.00 bits per heavy atom. The molecule has 1 aliphatic heterocycles. The first-order chi connectivity index (χ1) is 6.45. The van der Waals surface area contributed by atoms with E-state index in [-0.39, 0.29) is 0 Å². The number of hydrogen-bond donors (Lipinski definition) is 1. The van der Waals surface area contributed by atoms with Crippen molar-refractivity contribution in [2.45, 2.75) is 19.3 Å². The lowest BCUT2D eigenvalue weighted by Crippen LogP contribution is -2.35. The van der Waals surface area contributed by atoms with Crippen molar-refractivity contribution in [3.8, 4) is 0 Å². The van der Waals surface area contributed by atoms with E-state index in [2.05, 4.69) is 20.4 Å². The summed E-state index contributed by atoms with van der Waals surface area (Å²) in [6, 6.07) is 0. The zero-order valence-corrected chi connectivity index (χ0v) is 7.61. The Morgan fingerprint density at radius 1 is 1.15 bits per heavy atom. The number of hydrazine groups is 1. The van der Waals surface area contributed by atoms with Crippen LogP contribution in [0.15, 0.2) is 18.6 Å². The maximum atomic E-state index is 4.16. The first kappa shape index (κ1) is 8.44. The highest BCUT2D eigenvalue weighted by atomic mass is 15.5. The van der Waals surface area contributed by atoms with Gasteiger partial charge in [-0.1, -0.05) is 6.42 Å². The van der Waals surface area contributed by atoms with Crippen LogP contribution < -0.4 is 5.43 Å². The molecule has 4 nitrogen and oxygen atoms in total. The predicted octanol–water partition coefficient (Wildman–Crippen LogP) is 1.29. The van der Waals surface area contributed by atoms with Crippen molar-refractivity contribution in [1.82, 2.24) is 15.0 Å². The molecule has 0 bridgehead atoms. The van der Waals surface area contributed by atoms with Crippen LogP contribution >= 0.6 is 0 Å². The summed E-state index contributed by atoms with van der Waals surface area (Å²) in [5.41, 5.74) is 3.24. The number of rotatable bonds is 2. The second-order valence-corrected chi connectivity index (χ2v) is 3.25. The SMILES string of the molecule is c1cnc(NN2CCCCC2)cn1. The van der Waals surface area contributed by atoms with Gasteiger partial charge in [-0.05, 0) is 12.8 Å². The van der Waals surface area contributed by atoms with Crippen LogP contribution in [0.2, 0.25) is 0 Å². The number of nitrogens with one attached hydrogen (secondary N) is 1. The number of nitrogens with zero attached hydrogens (tertiary/aromatic N) is 3. The summed E-state index contributed by atoms with van der Waals surface area (Å²) in [5, 5.41) is 2.20. The van der Waals surface area contributed by atoms with Crippen LogP contribution in [-0.4, -0.2) is 28.1 Å². The van der Waals surface area contributed by atoms with Gasteiger partial charge in [0.05, 0.1) is 6.20 Å². The molecular formula is C9H14N4. The summed E-state index contributed by atoms with van der Waals surface area (Å²) in [6.45, 7) is 2.22. The first-order valence-electron chi connectivity index (χ1n) is 4.73. The molecule has 70 valence electrons. The minimum absolute atomic E-state index is 0.837. The second kappa shape index (κ2) is 4.18. The zero-order valence-electron chi connectivity index (χ0n) is 7.61. The molecule has 0 radical (unpaired) electrons. The van der Waals surface area contributed by atoms with Gasteiger partial charge in [-0.25, -0.2) is 9.99 Å². The smallest absolute Gasteiger partial charge is 0.158 e. The van der Waals surface area contributed by atoms with Crippen LogP contribution in [0.4, 0.5) is 5.82 Å². The maximum absolute atomic E-state index is 4.16. The van der Waals surface area contributed by atoms with Crippen LogP contribution in [-0.2, 0) is 0 Å². The molecule has 0 aromatic carbocycles. The van der Waals surface area contributed by atoms with Gasteiger partial charge in [0, 0.05) is 25.5 Å². The molecular weight excluding hydrogens is 164 g/mol. The van der Waals surface area contributed by atoms with Crippen LogP contribution in [0.5, 0.6) is 0 Å². The first-order valence-corrected chi connectivity index (χ1v) is 4.73. The minimum atomic E-state index is 0.837. The molecule has 0 atom stereocenters. The van der Waals surface area contributed by atoms with Gasteiger partial charge in [0.2, 0.25) is 0 Å². The van der Waals surface area contributed by atoms with Crippen LogP contribution in [0.1, 0.15) is 19.3 Å². The third-order valence-electron chi connectivity index (χ3n) is 2.19. The fourth-order valence-electron chi connectivity index (χ4n) is 1.52. The molecule has 0 spiro atoms. The van der Waals surface area contributed by atoms with Crippen molar-refractivity contribution in [1.29, 1.82) is 0 Å². The summed E-state index contributed by atoms with van der Waals surface area (Å²) < 4.78 is 0. The van der Waals surface area contributed by atoms with Crippen molar-refractivity contribution in [2.75, 3.05) is 18.5 Å². The highest BCUT2D eigenvalue weighted by Gasteiger charge is 2.09. The molecule has 0 unspecified atom stereocenters. The largest absolute Gasteiger partial charge is 0.302 e. The molecule has 2 heterocycles. The molecule has 1 aromatic heterocycles. The lowest BCUT2D eigenvalue weighted by atomic mass is 10.2. The molecule has 1 aromatic rings.